The van der Waals surface area contributed by atoms with Crippen LogP contribution in [0.25, 0.3) is 6.08 Å². The van der Waals surface area contributed by atoms with Crippen LogP contribution in [0, 0.1) is 0 Å². The molecule has 0 aliphatic rings. The highest BCUT2D eigenvalue weighted by atomic mass is 16.6. The van der Waals surface area contributed by atoms with Gasteiger partial charge in [-0.05, 0) is 97.2 Å². The number of hydrogen-bond acceptors (Lipinski definition) is 5. The molecule has 0 spiro atoms. The normalized spacial score (nSPS) is 13.5. The molecule has 0 bridgehead atoms. The smallest absolute Gasteiger partial charge is 0.408 e. The van der Waals surface area contributed by atoms with Gasteiger partial charge in [0, 0.05) is 17.5 Å². The van der Waals surface area contributed by atoms with Gasteiger partial charge in [0.25, 0.3) is 0 Å². The number of carbonyl (C=O) groups is 3. The van der Waals surface area contributed by atoms with Crippen molar-refractivity contribution < 1.29 is 24.2 Å². The first kappa shape index (κ1) is 32.4. The van der Waals surface area contributed by atoms with E-state index in [1.165, 1.54) is 17.0 Å². The highest BCUT2D eigenvalue weighted by Crippen LogP contribution is 2.32. The van der Waals surface area contributed by atoms with E-state index in [-0.39, 0.29) is 18.1 Å². The van der Waals surface area contributed by atoms with Gasteiger partial charge < -0.3 is 25.4 Å². The van der Waals surface area contributed by atoms with Crippen LogP contribution in [0.1, 0.15) is 85.0 Å². The Morgan fingerprint density at radius 2 is 1.57 bits per heavy atom. The van der Waals surface area contributed by atoms with Crippen molar-refractivity contribution in [2.75, 3.05) is 0 Å². The number of hydrogen-bond donors (Lipinski definition) is 3. The van der Waals surface area contributed by atoms with Gasteiger partial charge in [0.1, 0.15) is 23.4 Å². The molecule has 2 atom stereocenters. The second-order valence-electron chi connectivity index (χ2n) is 13.0. The van der Waals surface area contributed by atoms with Crippen LogP contribution in [-0.4, -0.2) is 50.6 Å². The second-order valence-corrected chi connectivity index (χ2v) is 13.0. The minimum absolute atomic E-state index is 0.0871. The summed E-state index contributed by atoms with van der Waals surface area (Å²) in [4.78, 5) is 42.8. The molecule has 0 radical (unpaired) electrons. The third kappa shape index (κ3) is 9.74. The quantitative estimate of drug-likeness (QED) is 0.387. The third-order valence-corrected chi connectivity index (χ3v) is 5.79. The van der Waals surface area contributed by atoms with Crippen molar-refractivity contribution in [3.63, 3.8) is 0 Å². The fourth-order valence-corrected chi connectivity index (χ4v) is 4.24. The van der Waals surface area contributed by atoms with Crippen LogP contribution in [0.5, 0.6) is 5.75 Å². The summed E-state index contributed by atoms with van der Waals surface area (Å²) >= 11 is 0. The molecule has 0 saturated heterocycles. The van der Waals surface area contributed by atoms with Crippen molar-refractivity contribution in [2.24, 2.45) is 0 Å². The maximum atomic E-state index is 14.5. The molecule has 2 aromatic rings. The molecule has 3 N–H and O–H groups in total. The Kier molecular flexibility index (Phi) is 10.2. The van der Waals surface area contributed by atoms with Gasteiger partial charge in [-0.3, -0.25) is 9.59 Å². The highest BCUT2D eigenvalue weighted by molar-refractivity contribution is 5.93. The SMILES string of the molecule is C=Cc1cccc(C(C(=O)NC(C)(C)C)N(C(=O)C(Cc2ccc(O)cc2)NC(=O)OC(C)(C)C)C(C)(C)C)c1. The van der Waals surface area contributed by atoms with Crippen molar-refractivity contribution in [1.29, 1.82) is 0 Å². The summed E-state index contributed by atoms with van der Waals surface area (Å²) in [7, 11) is 0. The molecule has 2 unspecified atom stereocenters. The first-order valence-corrected chi connectivity index (χ1v) is 13.5. The first-order valence-electron chi connectivity index (χ1n) is 13.5. The van der Waals surface area contributed by atoms with Gasteiger partial charge in [0.2, 0.25) is 11.8 Å². The van der Waals surface area contributed by atoms with E-state index in [1.54, 1.807) is 39.0 Å². The van der Waals surface area contributed by atoms with Gasteiger partial charge in [0.15, 0.2) is 0 Å². The highest BCUT2D eigenvalue weighted by Gasteiger charge is 2.42. The molecular formula is C32H45N3O5. The molecule has 0 aromatic heterocycles. The maximum absolute atomic E-state index is 14.5. The van der Waals surface area contributed by atoms with E-state index in [9.17, 15) is 19.5 Å². The number of aromatic hydroxyl groups is 1. The Bertz CT molecular complexity index is 1200. The minimum Gasteiger partial charge on any atom is -0.508 e. The lowest BCUT2D eigenvalue weighted by molar-refractivity contribution is -0.149. The van der Waals surface area contributed by atoms with E-state index in [4.69, 9.17) is 4.74 Å². The third-order valence-electron chi connectivity index (χ3n) is 5.79. The van der Waals surface area contributed by atoms with E-state index >= 15 is 0 Å². The molecule has 8 nitrogen and oxygen atoms in total. The van der Waals surface area contributed by atoms with Crippen LogP contribution in [-0.2, 0) is 20.7 Å². The van der Waals surface area contributed by atoms with Crippen molar-refractivity contribution in [3.05, 3.63) is 71.8 Å². The van der Waals surface area contributed by atoms with Crippen molar-refractivity contribution >= 4 is 24.0 Å². The van der Waals surface area contributed by atoms with Crippen LogP contribution in [0.4, 0.5) is 4.79 Å². The Morgan fingerprint density at radius 3 is 2.08 bits per heavy atom. The average molecular weight is 552 g/mol. The van der Waals surface area contributed by atoms with Gasteiger partial charge >= 0.3 is 6.09 Å². The second kappa shape index (κ2) is 12.6. The van der Waals surface area contributed by atoms with Crippen LogP contribution >= 0.6 is 0 Å². The fourth-order valence-electron chi connectivity index (χ4n) is 4.24. The van der Waals surface area contributed by atoms with Crippen LogP contribution in [0.15, 0.2) is 55.1 Å². The largest absolute Gasteiger partial charge is 0.508 e. The summed E-state index contributed by atoms with van der Waals surface area (Å²) in [5.74, 6) is -0.716. The lowest BCUT2D eigenvalue weighted by atomic mass is 9.92. The molecule has 218 valence electrons. The van der Waals surface area contributed by atoms with Gasteiger partial charge in [-0.15, -0.1) is 0 Å². The predicted octanol–water partition coefficient (Wildman–Crippen LogP) is 5.75. The molecular weight excluding hydrogens is 506 g/mol. The van der Waals surface area contributed by atoms with Gasteiger partial charge in [-0.25, -0.2) is 4.79 Å². The summed E-state index contributed by atoms with van der Waals surface area (Å²) < 4.78 is 5.48. The number of nitrogens with zero attached hydrogens (tertiary/aromatic N) is 1. The number of phenols is 1. The number of alkyl carbamates (subject to hydrolysis) is 1. The number of rotatable bonds is 8. The van der Waals surface area contributed by atoms with Gasteiger partial charge in [0.05, 0.1) is 0 Å². The summed E-state index contributed by atoms with van der Waals surface area (Å²) in [5, 5.41) is 15.5. The van der Waals surface area contributed by atoms with Gasteiger partial charge in [-0.2, -0.15) is 0 Å². The molecule has 3 amide bonds. The molecule has 0 heterocycles. The lowest BCUT2D eigenvalue weighted by Gasteiger charge is -2.43. The van der Waals surface area contributed by atoms with E-state index in [0.717, 1.165) is 5.56 Å². The molecule has 0 fully saturated rings. The predicted molar refractivity (Wildman–Crippen MR) is 159 cm³/mol. The zero-order valence-electron chi connectivity index (χ0n) is 25.3. The monoisotopic (exact) mass is 551 g/mol. The maximum Gasteiger partial charge on any atom is 0.408 e. The van der Waals surface area contributed by atoms with Crippen molar-refractivity contribution in [2.45, 2.75) is 97.5 Å². The van der Waals surface area contributed by atoms with Crippen molar-refractivity contribution in [3.8, 4) is 5.75 Å². The van der Waals surface area contributed by atoms with Crippen LogP contribution in [0.2, 0.25) is 0 Å². The van der Waals surface area contributed by atoms with E-state index in [0.29, 0.717) is 11.1 Å². The average Bonchev–Trinajstić information content (AvgIpc) is 2.79. The Morgan fingerprint density at radius 1 is 0.975 bits per heavy atom. The Balaban J connectivity index is 2.67. The van der Waals surface area contributed by atoms with Crippen LogP contribution in [0.3, 0.4) is 0 Å². The number of nitrogens with one attached hydrogen (secondary N) is 2. The van der Waals surface area contributed by atoms with E-state index < -0.39 is 40.8 Å². The number of benzene rings is 2. The minimum atomic E-state index is -1.06. The molecule has 8 heteroatoms. The van der Waals surface area contributed by atoms with E-state index in [1.807, 2.05) is 65.8 Å². The van der Waals surface area contributed by atoms with E-state index in [2.05, 4.69) is 17.2 Å². The summed E-state index contributed by atoms with van der Waals surface area (Å²) in [6.07, 6.45) is 1.05. The number of carbonyl (C=O) groups excluding carboxylic acids is 3. The number of amides is 3. The zero-order valence-corrected chi connectivity index (χ0v) is 25.3. The number of ether oxygens (including phenoxy) is 1. The molecule has 2 rings (SSSR count). The first-order chi connectivity index (χ1) is 18.3. The molecule has 2 aromatic carbocycles. The molecule has 40 heavy (non-hydrogen) atoms. The zero-order chi connectivity index (χ0) is 30.5. The Labute approximate surface area is 238 Å². The summed E-state index contributed by atoms with van der Waals surface area (Å²) in [6.45, 7) is 20.3. The number of phenolic OH excluding ortho intramolecular Hbond substituents is 1. The lowest BCUT2D eigenvalue weighted by Crippen LogP contribution is -2.60. The molecule has 0 aliphatic heterocycles. The Hall–Kier alpha value is -3.81. The molecule has 0 saturated carbocycles. The van der Waals surface area contributed by atoms with Crippen molar-refractivity contribution in [1.82, 2.24) is 15.5 Å². The summed E-state index contributed by atoms with van der Waals surface area (Å²) in [6, 6.07) is 11.7. The fraction of sp³-hybridized carbons (Fsp3) is 0.469. The van der Waals surface area contributed by atoms with Gasteiger partial charge in [-0.1, -0.05) is 43.0 Å². The molecule has 0 aliphatic carbocycles. The van der Waals surface area contributed by atoms with Crippen LogP contribution < -0.4 is 10.6 Å². The standard InChI is InChI=1S/C32H45N3O5/c1-11-21-13-12-14-23(19-21)26(27(37)34-30(2,3)4)35(31(5,6)7)28(38)25(33-29(39)40-32(8,9)10)20-22-15-17-24(36)18-16-22/h11-19,25-26,36H,1,20H2,2-10H3,(H,33,39)(H,34,37). The summed E-state index contributed by atoms with van der Waals surface area (Å²) in [5.41, 5.74) is -0.0316. The topological polar surface area (TPSA) is 108 Å².